The van der Waals surface area contributed by atoms with Gasteiger partial charge in [-0.2, -0.15) is 0 Å². The molecule has 2 amide bonds. The molecule has 3 rings (SSSR count). The molecule has 1 aliphatic heterocycles. The van der Waals surface area contributed by atoms with Gasteiger partial charge >= 0.3 is 0 Å². The highest BCUT2D eigenvalue weighted by Crippen LogP contribution is 2.36. The van der Waals surface area contributed by atoms with Gasteiger partial charge in [-0.25, -0.2) is 0 Å². The summed E-state index contributed by atoms with van der Waals surface area (Å²) in [5.41, 5.74) is 3.04. The standard InChI is InChI=1S/C22H26N2O2/c1-15(2)16-9-11-18(12-10-16)23-22(26)19-13-14-20(25)24(3)21(19)17-7-5-4-6-8-17/h4-12,15,19,21H,13-14H2,1-3H3,(H,23,26)/t19-,21-/m0/s1. The average molecular weight is 350 g/mol. The van der Waals surface area contributed by atoms with E-state index in [9.17, 15) is 9.59 Å². The van der Waals surface area contributed by atoms with Gasteiger partial charge in [-0.15, -0.1) is 0 Å². The lowest BCUT2D eigenvalue weighted by Crippen LogP contribution is -2.44. The van der Waals surface area contributed by atoms with E-state index in [4.69, 9.17) is 0 Å². The number of benzene rings is 2. The Labute approximate surface area is 155 Å². The first-order valence-corrected chi connectivity index (χ1v) is 9.19. The van der Waals surface area contributed by atoms with Crippen LogP contribution in [0, 0.1) is 5.92 Å². The highest BCUT2D eigenvalue weighted by molar-refractivity contribution is 5.94. The van der Waals surface area contributed by atoms with Crippen LogP contribution in [-0.2, 0) is 9.59 Å². The molecule has 1 saturated heterocycles. The summed E-state index contributed by atoms with van der Waals surface area (Å²) in [6, 6.07) is 17.6. The molecule has 0 spiro atoms. The molecule has 0 aromatic heterocycles. The Hall–Kier alpha value is -2.62. The summed E-state index contributed by atoms with van der Waals surface area (Å²) in [4.78, 5) is 26.9. The smallest absolute Gasteiger partial charge is 0.229 e. The largest absolute Gasteiger partial charge is 0.338 e. The molecule has 0 aliphatic carbocycles. The van der Waals surface area contributed by atoms with Crippen LogP contribution in [0.25, 0.3) is 0 Å². The van der Waals surface area contributed by atoms with E-state index in [1.807, 2.05) is 54.6 Å². The first-order chi connectivity index (χ1) is 12.5. The quantitative estimate of drug-likeness (QED) is 0.891. The van der Waals surface area contributed by atoms with Crippen molar-refractivity contribution in [3.8, 4) is 0 Å². The van der Waals surface area contributed by atoms with Gasteiger partial charge in [0, 0.05) is 19.2 Å². The third kappa shape index (κ3) is 3.79. The number of hydrogen-bond acceptors (Lipinski definition) is 2. The Morgan fingerprint density at radius 3 is 2.35 bits per heavy atom. The summed E-state index contributed by atoms with van der Waals surface area (Å²) in [5.74, 6) is 0.254. The van der Waals surface area contributed by atoms with Crippen molar-refractivity contribution in [1.29, 1.82) is 0 Å². The number of piperidine rings is 1. The molecule has 1 fully saturated rings. The molecule has 4 heteroatoms. The number of nitrogens with one attached hydrogen (secondary N) is 1. The Morgan fingerprint density at radius 2 is 1.73 bits per heavy atom. The van der Waals surface area contributed by atoms with Crippen LogP contribution in [0.4, 0.5) is 5.69 Å². The van der Waals surface area contributed by atoms with Gasteiger partial charge in [0.15, 0.2) is 0 Å². The Morgan fingerprint density at radius 1 is 1.08 bits per heavy atom. The summed E-state index contributed by atoms with van der Waals surface area (Å²) >= 11 is 0. The number of carbonyl (C=O) groups is 2. The Kier molecular flexibility index (Phi) is 5.40. The minimum atomic E-state index is -0.259. The number of hydrogen-bond donors (Lipinski definition) is 1. The van der Waals surface area contributed by atoms with Crippen LogP contribution in [0.15, 0.2) is 54.6 Å². The Bertz CT molecular complexity index is 768. The molecule has 1 heterocycles. The predicted molar refractivity (Wildman–Crippen MR) is 104 cm³/mol. The maximum atomic E-state index is 13.0. The molecular formula is C22H26N2O2. The number of anilines is 1. The second kappa shape index (κ2) is 7.73. The van der Waals surface area contributed by atoms with Gasteiger partial charge in [0.05, 0.1) is 12.0 Å². The third-order valence-corrected chi connectivity index (χ3v) is 5.18. The number of likely N-dealkylation sites (tertiary alicyclic amines) is 1. The van der Waals surface area contributed by atoms with Gasteiger partial charge in [-0.1, -0.05) is 56.3 Å². The van der Waals surface area contributed by atoms with Crippen molar-refractivity contribution in [2.45, 2.75) is 38.6 Å². The van der Waals surface area contributed by atoms with E-state index < -0.39 is 0 Å². The lowest BCUT2D eigenvalue weighted by molar-refractivity contribution is -0.140. The van der Waals surface area contributed by atoms with E-state index in [0.29, 0.717) is 18.8 Å². The summed E-state index contributed by atoms with van der Waals surface area (Å²) in [6.45, 7) is 4.29. The van der Waals surface area contributed by atoms with E-state index in [1.54, 1.807) is 11.9 Å². The molecule has 2 atom stereocenters. The molecule has 0 radical (unpaired) electrons. The second-order valence-corrected chi connectivity index (χ2v) is 7.27. The zero-order valence-electron chi connectivity index (χ0n) is 15.6. The highest BCUT2D eigenvalue weighted by atomic mass is 16.2. The summed E-state index contributed by atoms with van der Waals surface area (Å²) in [5, 5.41) is 3.04. The van der Waals surface area contributed by atoms with Crippen LogP contribution >= 0.6 is 0 Å². The maximum absolute atomic E-state index is 13.0. The molecule has 1 aliphatic rings. The van der Waals surface area contributed by atoms with Crippen molar-refractivity contribution >= 4 is 17.5 Å². The van der Waals surface area contributed by atoms with E-state index in [1.165, 1.54) is 5.56 Å². The molecule has 2 aromatic carbocycles. The van der Waals surface area contributed by atoms with E-state index in [0.717, 1.165) is 11.3 Å². The SMILES string of the molecule is CC(C)c1ccc(NC(=O)[C@H]2CCC(=O)N(C)[C@H]2c2ccccc2)cc1. The minimum Gasteiger partial charge on any atom is -0.338 e. The van der Waals surface area contributed by atoms with Crippen molar-refractivity contribution in [3.63, 3.8) is 0 Å². The summed E-state index contributed by atoms with van der Waals surface area (Å²) < 4.78 is 0. The van der Waals surface area contributed by atoms with Crippen LogP contribution in [-0.4, -0.2) is 23.8 Å². The lowest BCUT2D eigenvalue weighted by atomic mass is 9.84. The van der Waals surface area contributed by atoms with Crippen LogP contribution in [0.5, 0.6) is 0 Å². The number of rotatable bonds is 4. The topological polar surface area (TPSA) is 49.4 Å². The van der Waals surface area contributed by atoms with Crippen molar-refractivity contribution in [2.75, 3.05) is 12.4 Å². The number of nitrogens with zero attached hydrogens (tertiary/aromatic N) is 1. The van der Waals surface area contributed by atoms with Gasteiger partial charge in [-0.3, -0.25) is 9.59 Å². The van der Waals surface area contributed by atoms with Crippen LogP contribution in [0.3, 0.4) is 0 Å². The van der Waals surface area contributed by atoms with Gasteiger partial charge < -0.3 is 10.2 Å². The molecular weight excluding hydrogens is 324 g/mol. The van der Waals surface area contributed by atoms with Gasteiger partial charge in [0.2, 0.25) is 11.8 Å². The predicted octanol–water partition coefficient (Wildman–Crippen LogP) is 4.36. The van der Waals surface area contributed by atoms with Crippen molar-refractivity contribution in [2.24, 2.45) is 5.92 Å². The number of carbonyl (C=O) groups excluding carboxylic acids is 2. The van der Waals surface area contributed by atoms with Gasteiger partial charge in [0.1, 0.15) is 0 Å². The van der Waals surface area contributed by atoms with Crippen molar-refractivity contribution in [1.82, 2.24) is 4.90 Å². The zero-order chi connectivity index (χ0) is 18.7. The van der Waals surface area contributed by atoms with Crippen molar-refractivity contribution in [3.05, 3.63) is 65.7 Å². The summed E-state index contributed by atoms with van der Waals surface area (Å²) in [7, 11) is 1.79. The van der Waals surface area contributed by atoms with Crippen LogP contribution in [0.1, 0.15) is 49.8 Å². The van der Waals surface area contributed by atoms with E-state index in [-0.39, 0.29) is 23.8 Å². The minimum absolute atomic E-state index is 0.0319. The summed E-state index contributed by atoms with van der Waals surface area (Å²) in [6.07, 6.45) is 0.975. The molecule has 4 nitrogen and oxygen atoms in total. The van der Waals surface area contributed by atoms with Crippen LogP contribution in [0.2, 0.25) is 0 Å². The Balaban J connectivity index is 1.80. The third-order valence-electron chi connectivity index (χ3n) is 5.18. The van der Waals surface area contributed by atoms with Gasteiger partial charge in [-0.05, 0) is 35.6 Å². The first-order valence-electron chi connectivity index (χ1n) is 9.19. The fourth-order valence-corrected chi connectivity index (χ4v) is 3.61. The van der Waals surface area contributed by atoms with E-state index in [2.05, 4.69) is 19.2 Å². The lowest BCUT2D eigenvalue weighted by Gasteiger charge is -2.38. The molecule has 0 saturated carbocycles. The fraction of sp³-hybridized carbons (Fsp3) is 0.364. The molecule has 136 valence electrons. The van der Waals surface area contributed by atoms with E-state index >= 15 is 0 Å². The molecule has 0 bridgehead atoms. The second-order valence-electron chi connectivity index (χ2n) is 7.27. The monoisotopic (exact) mass is 350 g/mol. The molecule has 0 unspecified atom stereocenters. The zero-order valence-corrected chi connectivity index (χ0v) is 15.6. The van der Waals surface area contributed by atoms with Crippen molar-refractivity contribution < 1.29 is 9.59 Å². The normalized spacial score (nSPS) is 20.3. The van der Waals surface area contributed by atoms with Crippen LogP contribution < -0.4 is 5.32 Å². The average Bonchev–Trinajstić information content (AvgIpc) is 2.65. The first kappa shape index (κ1) is 18.2. The molecule has 26 heavy (non-hydrogen) atoms. The highest BCUT2D eigenvalue weighted by Gasteiger charge is 2.38. The van der Waals surface area contributed by atoms with Gasteiger partial charge in [0.25, 0.3) is 0 Å². The molecule has 1 N–H and O–H groups in total. The fourth-order valence-electron chi connectivity index (χ4n) is 3.61. The molecule has 2 aromatic rings. The maximum Gasteiger partial charge on any atom is 0.229 e. The number of amides is 2.